The molecule has 0 aromatic rings. The number of unbranched alkanes of at least 4 members (excludes halogenated alkanes) is 15. The van der Waals surface area contributed by atoms with Crippen LogP contribution in [0.15, 0.2) is 12.2 Å². The number of aliphatic hydroxyl groups excluding tert-OH is 8. The summed E-state index contributed by atoms with van der Waals surface area (Å²) >= 11 is 0. The number of ether oxygens (including phenoxy) is 4. The molecule has 54 heavy (non-hydrogen) atoms. The van der Waals surface area contributed by atoms with Gasteiger partial charge in [0.1, 0.15) is 48.8 Å². The number of allylic oxidation sites excluding steroid dienone is 2. The molecule has 2 rings (SSSR count). The number of carbonyl (C=O) groups excluding carboxylic acids is 1. The van der Waals surface area contributed by atoms with Gasteiger partial charge < -0.3 is 65.1 Å². The van der Waals surface area contributed by atoms with Crippen molar-refractivity contribution in [3.8, 4) is 0 Å². The van der Waals surface area contributed by atoms with Crippen molar-refractivity contribution in [2.24, 2.45) is 0 Å². The summed E-state index contributed by atoms with van der Waals surface area (Å²) in [4.78, 5) is 13.0. The molecule has 0 aromatic carbocycles. The number of carbonyl (C=O) groups is 1. The van der Waals surface area contributed by atoms with Gasteiger partial charge in [0.05, 0.1) is 32.0 Å². The SMILES string of the molecule is CCCCCCCCC/C=C\CCCCCCCC(=O)NC(COC1OC(CO)C(OC2OC(CO)C(O)C(O)C2O)C(O)C1O)C(O)CCCCCC. The van der Waals surface area contributed by atoms with E-state index in [4.69, 9.17) is 18.9 Å². The molecule has 1 amide bonds. The number of aliphatic hydroxyl groups is 8. The van der Waals surface area contributed by atoms with Crippen molar-refractivity contribution in [2.45, 2.75) is 216 Å². The Labute approximate surface area is 323 Å². The number of amides is 1. The van der Waals surface area contributed by atoms with E-state index in [2.05, 4.69) is 31.3 Å². The van der Waals surface area contributed by atoms with E-state index in [9.17, 15) is 45.6 Å². The standard InChI is InChI=1S/C40H75NO13/c1-3-5-7-9-10-11-12-13-14-15-16-17-18-19-20-22-24-32(45)41-28(29(44)23-21-8-6-4-2)27-51-39-37(50)35(48)38(31(26-43)53-39)54-40-36(49)34(47)33(46)30(25-42)52-40/h14-15,28-31,33-40,42-44,46-50H,3-13,16-27H2,1-2H3,(H,41,45)/b15-14-. The Balaban J connectivity index is 1.81. The lowest BCUT2D eigenvalue weighted by atomic mass is 9.97. The Morgan fingerprint density at radius 1 is 0.648 bits per heavy atom. The lowest BCUT2D eigenvalue weighted by Gasteiger charge is -2.46. The summed E-state index contributed by atoms with van der Waals surface area (Å²) < 4.78 is 22.5. The molecule has 2 fully saturated rings. The molecule has 9 N–H and O–H groups in total. The maximum absolute atomic E-state index is 13.0. The predicted molar refractivity (Wildman–Crippen MR) is 203 cm³/mol. The van der Waals surface area contributed by atoms with E-state index in [1.54, 1.807) is 0 Å². The van der Waals surface area contributed by atoms with Crippen LogP contribution in [0.2, 0.25) is 0 Å². The van der Waals surface area contributed by atoms with Crippen molar-refractivity contribution in [3.63, 3.8) is 0 Å². The smallest absolute Gasteiger partial charge is 0.220 e. The number of nitrogens with one attached hydrogen (secondary N) is 1. The van der Waals surface area contributed by atoms with Gasteiger partial charge in [-0.2, -0.15) is 0 Å². The van der Waals surface area contributed by atoms with E-state index in [1.165, 1.54) is 44.9 Å². The minimum atomic E-state index is -1.78. The highest BCUT2D eigenvalue weighted by Gasteiger charge is 2.50. The molecule has 2 heterocycles. The summed E-state index contributed by atoms with van der Waals surface area (Å²) in [5, 5.41) is 85.8. The minimum Gasteiger partial charge on any atom is -0.394 e. The normalized spacial score (nSPS) is 30.1. The maximum atomic E-state index is 13.0. The van der Waals surface area contributed by atoms with Gasteiger partial charge in [0.2, 0.25) is 5.91 Å². The van der Waals surface area contributed by atoms with Gasteiger partial charge in [-0.1, -0.05) is 109 Å². The molecule has 318 valence electrons. The van der Waals surface area contributed by atoms with Crippen LogP contribution >= 0.6 is 0 Å². The monoisotopic (exact) mass is 778 g/mol. The summed E-state index contributed by atoms with van der Waals surface area (Å²) in [7, 11) is 0. The van der Waals surface area contributed by atoms with Crippen LogP contribution < -0.4 is 5.32 Å². The second kappa shape index (κ2) is 29.0. The van der Waals surface area contributed by atoms with Crippen molar-refractivity contribution >= 4 is 5.91 Å². The highest BCUT2D eigenvalue weighted by molar-refractivity contribution is 5.76. The van der Waals surface area contributed by atoms with E-state index >= 15 is 0 Å². The highest BCUT2D eigenvalue weighted by Crippen LogP contribution is 2.30. The number of rotatable bonds is 30. The lowest BCUT2D eigenvalue weighted by Crippen LogP contribution is -2.65. The highest BCUT2D eigenvalue weighted by atomic mass is 16.7. The zero-order chi connectivity index (χ0) is 39.7. The van der Waals surface area contributed by atoms with Gasteiger partial charge in [-0.05, 0) is 38.5 Å². The first-order valence-electron chi connectivity index (χ1n) is 20.9. The van der Waals surface area contributed by atoms with E-state index < -0.39 is 86.8 Å². The molecule has 0 aromatic heterocycles. The van der Waals surface area contributed by atoms with Crippen LogP contribution in [0.25, 0.3) is 0 Å². The van der Waals surface area contributed by atoms with Crippen LogP contribution in [0, 0.1) is 0 Å². The maximum Gasteiger partial charge on any atom is 0.220 e. The molecule has 0 radical (unpaired) electrons. The molecule has 14 heteroatoms. The summed E-state index contributed by atoms with van der Waals surface area (Å²) in [5.41, 5.74) is 0. The molecule has 14 nitrogen and oxygen atoms in total. The summed E-state index contributed by atoms with van der Waals surface area (Å²) in [6.07, 6.45) is 8.77. The van der Waals surface area contributed by atoms with Gasteiger partial charge in [0, 0.05) is 6.42 Å². The average Bonchev–Trinajstić information content (AvgIpc) is 3.17. The third-order valence-corrected chi connectivity index (χ3v) is 10.5. The summed E-state index contributed by atoms with van der Waals surface area (Å²) in [6, 6.07) is -0.824. The summed E-state index contributed by atoms with van der Waals surface area (Å²) in [6.45, 7) is 2.68. The molecule has 2 saturated heterocycles. The Morgan fingerprint density at radius 2 is 1.17 bits per heavy atom. The van der Waals surface area contributed by atoms with Crippen LogP contribution in [0.4, 0.5) is 0 Å². The first-order valence-corrected chi connectivity index (χ1v) is 20.9. The molecule has 0 bridgehead atoms. The molecule has 2 aliphatic heterocycles. The topological polar surface area (TPSA) is 228 Å². The zero-order valence-electron chi connectivity index (χ0n) is 33.0. The quantitative estimate of drug-likeness (QED) is 0.0378. The van der Waals surface area contributed by atoms with Gasteiger partial charge in [0.15, 0.2) is 12.6 Å². The van der Waals surface area contributed by atoms with Crippen molar-refractivity contribution in [1.82, 2.24) is 5.32 Å². The fourth-order valence-corrected chi connectivity index (χ4v) is 6.93. The molecular formula is C40H75NO13. The Morgan fingerprint density at radius 3 is 1.76 bits per heavy atom. The third kappa shape index (κ3) is 17.9. The van der Waals surface area contributed by atoms with Crippen molar-refractivity contribution in [3.05, 3.63) is 12.2 Å². The van der Waals surface area contributed by atoms with Gasteiger partial charge in [-0.15, -0.1) is 0 Å². The predicted octanol–water partition coefficient (Wildman–Crippen LogP) is 2.87. The molecule has 0 saturated carbocycles. The van der Waals surface area contributed by atoms with E-state index in [0.29, 0.717) is 19.3 Å². The van der Waals surface area contributed by atoms with Crippen LogP contribution in [0.3, 0.4) is 0 Å². The zero-order valence-corrected chi connectivity index (χ0v) is 33.0. The van der Waals surface area contributed by atoms with Crippen LogP contribution in [0.1, 0.15) is 142 Å². The average molecular weight is 778 g/mol. The van der Waals surface area contributed by atoms with Gasteiger partial charge >= 0.3 is 0 Å². The fourth-order valence-electron chi connectivity index (χ4n) is 6.93. The Kier molecular flexibility index (Phi) is 26.3. The van der Waals surface area contributed by atoms with Crippen LogP contribution in [0.5, 0.6) is 0 Å². The molecular weight excluding hydrogens is 702 g/mol. The second-order valence-electron chi connectivity index (χ2n) is 15.1. The van der Waals surface area contributed by atoms with E-state index in [1.807, 2.05) is 0 Å². The van der Waals surface area contributed by atoms with Crippen LogP contribution in [-0.2, 0) is 23.7 Å². The Hall–Kier alpha value is -1.27. The molecule has 0 aliphatic carbocycles. The van der Waals surface area contributed by atoms with Crippen molar-refractivity contribution in [1.29, 1.82) is 0 Å². The van der Waals surface area contributed by atoms with Gasteiger partial charge in [0.25, 0.3) is 0 Å². The van der Waals surface area contributed by atoms with Gasteiger partial charge in [-0.3, -0.25) is 4.79 Å². The minimum absolute atomic E-state index is 0.226. The molecule has 2 aliphatic rings. The van der Waals surface area contributed by atoms with Gasteiger partial charge in [-0.25, -0.2) is 0 Å². The van der Waals surface area contributed by atoms with Crippen molar-refractivity contribution in [2.75, 3.05) is 19.8 Å². The fraction of sp³-hybridized carbons (Fsp3) is 0.925. The van der Waals surface area contributed by atoms with E-state index in [0.717, 1.165) is 64.2 Å². The second-order valence-corrected chi connectivity index (χ2v) is 15.1. The first kappa shape index (κ1) is 48.9. The summed E-state index contributed by atoms with van der Waals surface area (Å²) in [5.74, 6) is -0.226. The Bertz CT molecular complexity index is 972. The third-order valence-electron chi connectivity index (χ3n) is 10.5. The van der Waals surface area contributed by atoms with Crippen molar-refractivity contribution < 1.29 is 64.6 Å². The number of hydrogen-bond acceptors (Lipinski definition) is 13. The molecule has 12 atom stereocenters. The number of hydrogen-bond donors (Lipinski definition) is 9. The van der Waals surface area contributed by atoms with Crippen LogP contribution in [-0.4, -0.2) is 140 Å². The lowest BCUT2D eigenvalue weighted by molar-refractivity contribution is -0.359. The first-order chi connectivity index (χ1) is 26.1. The largest absolute Gasteiger partial charge is 0.394 e. The van der Waals surface area contributed by atoms with E-state index in [-0.39, 0.29) is 12.5 Å². The molecule has 12 unspecified atom stereocenters. The molecule has 0 spiro atoms.